The minimum Gasteiger partial charge on any atom is -0.508 e. The van der Waals surface area contributed by atoms with Gasteiger partial charge in [-0.2, -0.15) is 0 Å². The van der Waals surface area contributed by atoms with E-state index in [1.165, 1.54) is 0 Å². The Hall–Kier alpha value is -2.33. The Bertz CT molecular complexity index is 566. The molecule has 0 saturated carbocycles. The number of phenolic OH excluding ortho intramolecular Hbond substituents is 1. The van der Waals surface area contributed by atoms with E-state index < -0.39 is 0 Å². The molecule has 0 saturated heterocycles. The molecule has 0 unspecified atom stereocenters. The topological polar surface area (TPSA) is 69.6 Å². The summed E-state index contributed by atoms with van der Waals surface area (Å²) >= 11 is 0. The van der Waals surface area contributed by atoms with Crippen LogP contribution in [0.3, 0.4) is 0 Å². The second kappa shape index (κ2) is 7.45. The number of hydrogen-bond acceptors (Lipinski definition) is 3. The van der Waals surface area contributed by atoms with Gasteiger partial charge in [0.25, 0.3) is 0 Å². The van der Waals surface area contributed by atoms with Gasteiger partial charge < -0.3 is 15.5 Å². The molecule has 2 aromatic carbocycles. The van der Waals surface area contributed by atoms with E-state index in [1.807, 2.05) is 30.3 Å². The molecule has 0 aromatic heterocycles. The minimum atomic E-state index is -0.294. The zero-order chi connectivity index (χ0) is 15.1. The Morgan fingerprint density at radius 1 is 1.00 bits per heavy atom. The van der Waals surface area contributed by atoms with Crippen molar-refractivity contribution in [3.63, 3.8) is 0 Å². The molecule has 4 nitrogen and oxygen atoms in total. The fourth-order valence-corrected chi connectivity index (χ4v) is 2.14. The number of rotatable bonds is 6. The molecule has 1 atom stereocenters. The third-order valence-corrected chi connectivity index (χ3v) is 3.21. The van der Waals surface area contributed by atoms with E-state index in [-0.39, 0.29) is 30.7 Å². The van der Waals surface area contributed by atoms with Gasteiger partial charge in [-0.3, -0.25) is 4.79 Å². The molecule has 0 heterocycles. The predicted molar refractivity (Wildman–Crippen MR) is 81.0 cm³/mol. The van der Waals surface area contributed by atoms with Gasteiger partial charge in [-0.25, -0.2) is 0 Å². The lowest BCUT2D eigenvalue weighted by Gasteiger charge is -2.16. The fraction of sp³-hybridized carbons (Fsp3) is 0.235. The highest BCUT2D eigenvalue weighted by Gasteiger charge is 2.12. The van der Waals surface area contributed by atoms with Crippen LogP contribution in [0, 0.1) is 0 Å². The molecule has 0 spiro atoms. The molecule has 0 aliphatic heterocycles. The van der Waals surface area contributed by atoms with Crippen LogP contribution in [0.1, 0.15) is 11.1 Å². The average Bonchev–Trinajstić information content (AvgIpc) is 2.50. The normalized spacial score (nSPS) is 11.9. The number of carbonyl (C=O) groups is 1. The lowest BCUT2D eigenvalue weighted by Crippen LogP contribution is -2.39. The minimum absolute atomic E-state index is 0.101. The summed E-state index contributed by atoms with van der Waals surface area (Å²) in [5.41, 5.74) is 1.89. The number of aliphatic hydroxyl groups excluding tert-OH is 1. The highest BCUT2D eigenvalue weighted by atomic mass is 16.3. The van der Waals surface area contributed by atoms with Crippen LogP contribution < -0.4 is 5.32 Å². The van der Waals surface area contributed by atoms with Gasteiger partial charge in [-0.05, 0) is 29.7 Å². The first-order chi connectivity index (χ1) is 10.2. The van der Waals surface area contributed by atoms with Crippen LogP contribution >= 0.6 is 0 Å². The van der Waals surface area contributed by atoms with E-state index in [0.29, 0.717) is 6.42 Å². The lowest BCUT2D eigenvalue weighted by atomic mass is 10.1. The summed E-state index contributed by atoms with van der Waals surface area (Å²) in [7, 11) is 0. The summed E-state index contributed by atoms with van der Waals surface area (Å²) in [6.07, 6.45) is 0.824. The van der Waals surface area contributed by atoms with Crippen molar-refractivity contribution in [2.45, 2.75) is 18.9 Å². The van der Waals surface area contributed by atoms with Crippen molar-refractivity contribution in [1.82, 2.24) is 5.32 Å². The lowest BCUT2D eigenvalue weighted by molar-refractivity contribution is -0.121. The van der Waals surface area contributed by atoms with Crippen LogP contribution in [0.25, 0.3) is 0 Å². The quantitative estimate of drug-likeness (QED) is 0.756. The average molecular weight is 285 g/mol. The number of amides is 1. The fourth-order valence-electron chi connectivity index (χ4n) is 2.14. The van der Waals surface area contributed by atoms with Gasteiger partial charge in [0.1, 0.15) is 5.75 Å². The number of carbonyl (C=O) groups excluding carboxylic acids is 1. The van der Waals surface area contributed by atoms with Crippen molar-refractivity contribution >= 4 is 5.91 Å². The first kappa shape index (κ1) is 15.1. The molecule has 0 radical (unpaired) electrons. The van der Waals surface area contributed by atoms with Crippen molar-refractivity contribution in [2.75, 3.05) is 6.61 Å². The highest BCUT2D eigenvalue weighted by Crippen LogP contribution is 2.10. The molecule has 0 aliphatic carbocycles. The molecule has 1 amide bonds. The smallest absolute Gasteiger partial charge is 0.224 e. The van der Waals surface area contributed by atoms with Crippen LogP contribution in [-0.4, -0.2) is 28.8 Å². The molecule has 0 fully saturated rings. The Morgan fingerprint density at radius 2 is 1.67 bits per heavy atom. The van der Waals surface area contributed by atoms with Crippen molar-refractivity contribution in [2.24, 2.45) is 0 Å². The van der Waals surface area contributed by atoms with Crippen LogP contribution in [0.15, 0.2) is 54.6 Å². The maximum atomic E-state index is 12.0. The molecule has 110 valence electrons. The Kier molecular flexibility index (Phi) is 5.35. The van der Waals surface area contributed by atoms with Gasteiger partial charge in [-0.15, -0.1) is 0 Å². The van der Waals surface area contributed by atoms with E-state index in [4.69, 9.17) is 0 Å². The summed E-state index contributed by atoms with van der Waals surface area (Å²) in [6.45, 7) is -0.101. The Morgan fingerprint density at radius 3 is 2.29 bits per heavy atom. The number of benzene rings is 2. The molecule has 3 N–H and O–H groups in total. The largest absolute Gasteiger partial charge is 0.508 e. The molecular weight excluding hydrogens is 266 g/mol. The summed E-state index contributed by atoms with van der Waals surface area (Å²) in [4.78, 5) is 12.0. The van der Waals surface area contributed by atoms with Gasteiger partial charge in [0.15, 0.2) is 0 Å². The summed E-state index contributed by atoms with van der Waals surface area (Å²) in [5.74, 6) is 0.0344. The third-order valence-electron chi connectivity index (χ3n) is 3.21. The zero-order valence-electron chi connectivity index (χ0n) is 11.7. The van der Waals surface area contributed by atoms with Crippen LogP contribution in [0.5, 0.6) is 5.75 Å². The SMILES string of the molecule is O=C(Cc1ccc(O)cc1)N[C@H](CO)Cc1ccccc1. The maximum absolute atomic E-state index is 12.0. The number of aromatic hydroxyl groups is 1. The summed E-state index contributed by atoms with van der Waals surface area (Å²) in [6, 6.07) is 16.0. The summed E-state index contributed by atoms with van der Waals surface area (Å²) < 4.78 is 0. The van der Waals surface area contributed by atoms with Crippen molar-refractivity contribution in [3.8, 4) is 5.75 Å². The van der Waals surface area contributed by atoms with E-state index in [0.717, 1.165) is 11.1 Å². The van der Waals surface area contributed by atoms with E-state index in [1.54, 1.807) is 24.3 Å². The molecule has 0 aliphatic rings. The third kappa shape index (κ3) is 4.93. The molecule has 2 rings (SSSR count). The van der Waals surface area contributed by atoms with Crippen LogP contribution in [-0.2, 0) is 17.6 Å². The Labute approximate surface area is 124 Å². The van der Waals surface area contributed by atoms with E-state index >= 15 is 0 Å². The van der Waals surface area contributed by atoms with E-state index in [2.05, 4.69) is 5.32 Å². The molecule has 21 heavy (non-hydrogen) atoms. The van der Waals surface area contributed by atoms with Gasteiger partial charge in [-0.1, -0.05) is 42.5 Å². The van der Waals surface area contributed by atoms with Crippen molar-refractivity contribution in [3.05, 3.63) is 65.7 Å². The number of aliphatic hydroxyl groups is 1. The van der Waals surface area contributed by atoms with Gasteiger partial charge >= 0.3 is 0 Å². The van der Waals surface area contributed by atoms with Gasteiger partial charge in [0, 0.05) is 0 Å². The maximum Gasteiger partial charge on any atom is 0.224 e. The second-order valence-corrected chi connectivity index (χ2v) is 4.98. The predicted octanol–water partition coefficient (Wildman–Crippen LogP) is 1.65. The second-order valence-electron chi connectivity index (χ2n) is 4.98. The molecule has 0 bridgehead atoms. The number of phenols is 1. The van der Waals surface area contributed by atoms with Crippen LogP contribution in [0.4, 0.5) is 0 Å². The first-order valence-corrected chi connectivity index (χ1v) is 6.89. The van der Waals surface area contributed by atoms with E-state index in [9.17, 15) is 15.0 Å². The van der Waals surface area contributed by atoms with Crippen LogP contribution in [0.2, 0.25) is 0 Å². The van der Waals surface area contributed by atoms with Crippen molar-refractivity contribution < 1.29 is 15.0 Å². The Balaban J connectivity index is 1.89. The molecular formula is C17H19NO3. The first-order valence-electron chi connectivity index (χ1n) is 6.89. The monoisotopic (exact) mass is 285 g/mol. The number of nitrogens with one attached hydrogen (secondary N) is 1. The number of hydrogen-bond donors (Lipinski definition) is 3. The van der Waals surface area contributed by atoms with Gasteiger partial charge in [0.2, 0.25) is 5.91 Å². The molecule has 2 aromatic rings. The van der Waals surface area contributed by atoms with Crippen molar-refractivity contribution in [1.29, 1.82) is 0 Å². The van der Waals surface area contributed by atoms with Gasteiger partial charge in [0.05, 0.1) is 19.1 Å². The summed E-state index contributed by atoms with van der Waals surface area (Å²) in [5, 5.41) is 21.4. The zero-order valence-corrected chi connectivity index (χ0v) is 11.7. The molecule has 4 heteroatoms. The highest BCUT2D eigenvalue weighted by molar-refractivity contribution is 5.78. The standard InChI is InChI=1S/C17H19NO3/c19-12-15(10-13-4-2-1-3-5-13)18-17(21)11-14-6-8-16(20)9-7-14/h1-9,15,19-20H,10-12H2,(H,18,21)/t15-/m0/s1.